The molecule has 7 nitrogen and oxygen atoms in total. The molecule has 0 saturated heterocycles. The third kappa shape index (κ3) is 5.67. The van der Waals surface area contributed by atoms with E-state index in [9.17, 15) is 14.4 Å². The molecule has 2 rings (SSSR count). The van der Waals surface area contributed by atoms with Crippen molar-refractivity contribution in [3.05, 3.63) is 34.7 Å². The Balaban J connectivity index is 2.21. The molecule has 0 aliphatic carbocycles. The van der Waals surface area contributed by atoms with E-state index in [0.29, 0.717) is 40.5 Å². The zero-order chi connectivity index (χ0) is 20.7. The minimum Gasteiger partial charge on any atom is -0.396 e. The monoisotopic (exact) mass is 406 g/mol. The first-order chi connectivity index (χ1) is 13.3. The Morgan fingerprint density at radius 3 is 2.46 bits per heavy atom. The third-order valence-electron chi connectivity index (χ3n) is 3.93. The maximum atomic E-state index is 12.9. The molecule has 0 bridgehead atoms. The van der Waals surface area contributed by atoms with E-state index in [0.717, 1.165) is 0 Å². The van der Waals surface area contributed by atoms with E-state index in [2.05, 4.69) is 5.32 Å². The molecule has 2 N–H and O–H groups in total. The second kappa shape index (κ2) is 10.4. The van der Waals surface area contributed by atoms with Crippen LogP contribution in [-0.4, -0.2) is 59.3 Å². The number of ether oxygens (including phenoxy) is 1. The molecule has 0 spiro atoms. The van der Waals surface area contributed by atoms with Crippen molar-refractivity contribution >= 4 is 40.7 Å². The first-order valence-corrected chi connectivity index (χ1v) is 10.2. The number of aliphatic hydroxyl groups excluding tert-OH is 1. The summed E-state index contributed by atoms with van der Waals surface area (Å²) in [6.45, 7) is 5.93. The van der Waals surface area contributed by atoms with Crippen LogP contribution in [0.5, 0.6) is 0 Å². The number of amides is 3. The summed E-state index contributed by atoms with van der Waals surface area (Å²) in [6.07, 6.45) is 0.652. The van der Waals surface area contributed by atoms with Crippen LogP contribution in [-0.2, 0) is 19.1 Å². The Morgan fingerprint density at radius 2 is 1.89 bits per heavy atom. The number of hydrogen-bond donors (Lipinski definition) is 2. The first-order valence-electron chi connectivity index (χ1n) is 9.19. The lowest BCUT2D eigenvalue weighted by molar-refractivity contribution is -0.136. The molecule has 0 aromatic heterocycles. The summed E-state index contributed by atoms with van der Waals surface area (Å²) in [4.78, 5) is 38.5. The van der Waals surface area contributed by atoms with Gasteiger partial charge in [-0.3, -0.25) is 19.3 Å². The molecule has 1 aromatic carbocycles. The van der Waals surface area contributed by atoms with E-state index in [-0.39, 0.29) is 37.0 Å². The number of thioether (sulfide) groups is 1. The van der Waals surface area contributed by atoms with Crippen LogP contribution in [0.2, 0.25) is 0 Å². The van der Waals surface area contributed by atoms with E-state index in [1.807, 2.05) is 13.8 Å². The van der Waals surface area contributed by atoms with Crippen molar-refractivity contribution in [2.75, 3.05) is 30.8 Å². The van der Waals surface area contributed by atoms with E-state index in [1.54, 1.807) is 24.3 Å². The number of benzene rings is 1. The predicted molar refractivity (Wildman–Crippen MR) is 110 cm³/mol. The molecular weight excluding hydrogens is 380 g/mol. The topological polar surface area (TPSA) is 95.9 Å². The van der Waals surface area contributed by atoms with Crippen molar-refractivity contribution in [3.8, 4) is 0 Å². The van der Waals surface area contributed by atoms with Crippen LogP contribution >= 0.6 is 11.8 Å². The van der Waals surface area contributed by atoms with E-state index in [1.165, 1.54) is 23.6 Å². The smallest absolute Gasteiger partial charge is 0.267 e. The summed E-state index contributed by atoms with van der Waals surface area (Å²) in [5, 5.41) is 11.8. The average molecular weight is 407 g/mol. The molecule has 3 amide bonds. The number of imide groups is 1. The highest BCUT2D eigenvalue weighted by molar-refractivity contribution is 8.04. The van der Waals surface area contributed by atoms with E-state index < -0.39 is 0 Å². The van der Waals surface area contributed by atoms with Crippen molar-refractivity contribution in [3.63, 3.8) is 0 Å². The zero-order valence-corrected chi connectivity index (χ0v) is 17.2. The molecule has 1 aliphatic rings. The predicted octanol–water partition coefficient (Wildman–Crippen LogP) is 2.27. The molecule has 0 radical (unpaired) electrons. The van der Waals surface area contributed by atoms with Crippen LogP contribution in [0.4, 0.5) is 5.69 Å². The van der Waals surface area contributed by atoms with E-state index in [4.69, 9.17) is 9.84 Å². The molecule has 0 atom stereocenters. The summed E-state index contributed by atoms with van der Waals surface area (Å²) < 4.78 is 5.48. The maximum Gasteiger partial charge on any atom is 0.267 e. The van der Waals surface area contributed by atoms with Crippen LogP contribution in [0.15, 0.2) is 29.2 Å². The molecule has 8 heteroatoms. The van der Waals surface area contributed by atoms with Gasteiger partial charge in [0.25, 0.3) is 11.8 Å². The van der Waals surface area contributed by atoms with E-state index >= 15 is 0 Å². The van der Waals surface area contributed by atoms with Gasteiger partial charge in [-0.25, -0.2) is 0 Å². The fraction of sp³-hybridized carbons (Fsp3) is 0.450. The summed E-state index contributed by atoms with van der Waals surface area (Å²) >= 11 is 1.18. The number of rotatable bonds is 10. The number of anilines is 1. The average Bonchev–Trinajstić information content (AvgIpc) is 2.87. The fourth-order valence-electron chi connectivity index (χ4n) is 2.76. The number of nitrogens with one attached hydrogen (secondary N) is 1. The molecule has 1 heterocycles. The Bertz CT molecular complexity index is 758. The van der Waals surface area contributed by atoms with Crippen LogP contribution in [0.1, 0.15) is 32.8 Å². The Hall–Kier alpha value is -2.16. The normalized spacial score (nSPS) is 14.4. The summed E-state index contributed by atoms with van der Waals surface area (Å²) in [5.74, 6) is -0.546. The van der Waals surface area contributed by atoms with Gasteiger partial charge in [0, 0.05) is 31.5 Å². The molecule has 0 fully saturated rings. The van der Waals surface area contributed by atoms with Gasteiger partial charge in [0.2, 0.25) is 5.91 Å². The van der Waals surface area contributed by atoms with Crippen molar-refractivity contribution in [1.82, 2.24) is 4.90 Å². The Labute approximate surface area is 169 Å². The summed E-state index contributed by atoms with van der Waals surface area (Å²) in [7, 11) is 0. The molecule has 28 heavy (non-hydrogen) atoms. The zero-order valence-electron chi connectivity index (χ0n) is 16.4. The molecule has 152 valence electrons. The van der Waals surface area contributed by atoms with Gasteiger partial charge in [0.15, 0.2) is 0 Å². The highest BCUT2D eigenvalue weighted by Gasteiger charge is 2.38. The minimum atomic E-state index is -0.345. The van der Waals surface area contributed by atoms with Gasteiger partial charge in [0.05, 0.1) is 23.2 Å². The van der Waals surface area contributed by atoms with Crippen molar-refractivity contribution in [2.45, 2.75) is 33.3 Å². The second-order valence-electron chi connectivity index (χ2n) is 6.57. The van der Waals surface area contributed by atoms with Gasteiger partial charge >= 0.3 is 0 Å². The quantitative estimate of drug-likeness (QED) is 0.457. The third-order valence-corrected chi connectivity index (χ3v) is 4.99. The van der Waals surface area contributed by atoms with Gasteiger partial charge in [-0.15, -0.1) is 11.8 Å². The first kappa shape index (κ1) is 22.1. The second-order valence-corrected chi connectivity index (χ2v) is 7.67. The highest BCUT2D eigenvalue weighted by Crippen LogP contribution is 2.36. The number of hydrogen-bond acceptors (Lipinski definition) is 6. The highest BCUT2D eigenvalue weighted by atomic mass is 32.2. The Morgan fingerprint density at radius 1 is 1.21 bits per heavy atom. The fourth-order valence-corrected chi connectivity index (χ4v) is 3.64. The van der Waals surface area contributed by atoms with Gasteiger partial charge < -0.3 is 15.2 Å². The van der Waals surface area contributed by atoms with Crippen LogP contribution in [0, 0.1) is 0 Å². The lowest BCUT2D eigenvalue weighted by Gasteiger charge is -2.15. The minimum absolute atomic E-state index is 0.0907. The van der Waals surface area contributed by atoms with Crippen molar-refractivity contribution in [1.29, 1.82) is 0 Å². The molecule has 0 unspecified atom stereocenters. The number of nitrogens with zero attached hydrogens (tertiary/aromatic N) is 1. The largest absolute Gasteiger partial charge is 0.396 e. The number of carbonyl (C=O) groups is 3. The van der Waals surface area contributed by atoms with Crippen LogP contribution in [0.25, 0.3) is 5.57 Å². The van der Waals surface area contributed by atoms with Crippen LogP contribution in [0.3, 0.4) is 0 Å². The molecule has 1 aromatic rings. The lowest BCUT2D eigenvalue weighted by Crippen LogP contribution is -2.33. The molecular formula is C20H26N2O5S. The van der Waals surface area contributed by atoms with Crippen molar-refractivity contribution in [2.24, 2.45) is 0 Å². The Kier molecular flexibility index (Phi) is 8.22. The SMILES string of the molecule is CC(=O)Nc1ccc(C2=C(SCCO)C(=O)N(CCCOC(C)C)C2=O)cc1. The maximum absolute atomic E-state index is 12.9. The summed E-state index contributed by atoms with van der Waals surface area (Å²) in [5.41, 5.74) is 1.55. The van der Waals surface area contributed by atoms with Gasteiger partial charge in [-0.1, -0.05) is 12.1 Å². The molecule has 0 saturated carbocycles. The number of carbonyl (C=O) groups excluding carboxylic acids is 3. The van der Waals surface area contributed by atoms with Gasteiger partial charge in [0.1, 0.15) is 0 Å². The molecule has 1 aliphatic heterocycles. The number of aliphatic hydroxyl groups is 1. The standard InChI is InChI=1S/C20H26N2O5S/c1-13(2)27-11-4-9-22-19(25)17(18(20(22)26)28-12-10-23)15-5-7-16(8-6-15)21-14(3)24/h5-8,13,23H,4,9-12H2,1-3H3,(H,21,24). The van der Waals surface area contributed by atoms with Gasteiger partial charge in [-0.05, 0) is 38.0 Å². The van der Waals surface area contributed by atoms with Crippen molar-refractivity contribution < 1.29 is 24.2 Å². The lowest BCUT2D eigenvalue weighted by atomic mass is 10.1. The summed E-state index contributed by atoms with van der Waals surface area (Å²) in [6, 6.07) is 6.79. The van der Waals surface area contributed by atoms with Gasteiger partial charge in [-0.2, -0.15) is 0 Å². The van der Waals surface area contributed by atoms with Crippen LogP contribution < -0.4 is 5.32 Å².